The number of hydrogen-bond acceptors (Lipinski definition) is 0. The van der Waals surface area contributed by atoms with E-state index in [2.05, 4.69) is 285 Å². The number of hydrogen-bond donors (Lipinski definition) is 6. The molecule has 6 nitrogen and oxygen atoms in total. The van der Waals surface area contributed by atoms with Crippen LogP contribution in [0.5, 0.6) is 0 Å². The topological polar surface area (TPSA) is 94.7 Å². The third-order valence-corrected chi connectivity index (χ3v) is 13.7. The molecule has 0 atom stereocenters. The third-order valence-electron chi connectivity index (χ3n) is 13.7. The summed E-state index contributed by atoms with van der Waals surface area (Å²) >= 11 is 0. The van der Waals surface area contributed by atoms with Crippen LogP contribution in [-0.2, 0) is 0 Å². The highest BCUT2D eigenvalue weighted by Gasteiger charge is 2.15. The minimum atomic E-state index is 0.996. The Morgan fingerprint density at radius 2 is 0.236 bits per heavy atom. The van der Waals surface area contributed by atoms with Crippen molar-refractivity contribution in [2.24, 2.45) is 0 Å². The lowest BCUT2D eigenvalue weighted by atomic mass is 10.1. The lowest BCUT2D eigenvalue weighted by molar-refractivity contribution is 1.48. The Balaban J connectivity index is 1.22. The number of nitrogens with one attached hydrogen (secondary N) is 6. The SMILES string of the molecule is c1ccc(-c2c3ccc([nH]3)c(-c3ccccc3)c3ccc([nH]3)c(-c3ccccc3)c3ccc([nH]3)c(-c3ccccc3)c3ccc([nH]3)c(-c3ccccc3)c3ccc([nH]3)c(-c3ccccc3)c3ccc2[nH]3)cc1. The van der Waals surface area contributed by atoms with Crippen molar-refractivity contribution in [3.8, 4) is 66.8 Å². The van der Waals surface area contributed by atoms with Crippen LogP contribution in [0.15, 0.2) is 255 Å². The minimum Gasteiger partial charge on any atom is -0.354 e. The summed E-state index contributed by atoms with van der Waals surface area (Å²) in [5.41, 5.74) is 24.9. The summed E-state index contributed by atoms with van der Waals surface area (Å²) in [6, 6.07) is 90.4. The molecule has 0 fully saturated rings. The summed E-state index contributed by atoms with van der Waals surface area (Å²) in [5.74, 6) is 0. The molecule has 7 heterocycles. The molecule has 342 valence electrons. The van der Waals surface area contributed by atoms with Crippen LogP contribution in [0, 0.1) is 0 Å². The van der Waals surface area contributed by atoms with Crippen molar-refractivity contribution in [1.29, 1.82) is 0 Å². The van der Waals surface area contributed by atoms with Crippen LogP contribution in [-0.4, -0.2) is 29.9 Å². The Morgan fingerprint density at radius 3 is 0.347 bits per heavy atom. The second kappa shape index (κ2) is 18.3. The zero-order valence-corrected chi connectivity index (χ0v) is 39.2. The molecule has 0 aliphatic carbocycles. The molecule has 0 amide bonds. The van der Waals surface area contributed by atoms with Gasteiger partial charge in [-0.05, 0) is 106 Å². The second-order valence-corrected chi connectivity index (χ2v) is 18.2. The van der Waals surface area contributed by atoms with Crippen molar-refractivity contribution in [1.82, 2.24) is 29.9 Å². The highest BCUT2D eigenvalue weighted by molar-refractivity contribution is 6.04. The van der Waals surface area contributed by atoms with E-state index in [4.69, 9.17) is 0 Å². The molecule has 7 aromatic heterocycles. The molecule has 0 unspecified atom stereocenters. The van der Waals surface area contributed by atoms with Gasteiger partial charge in [0, 0.05) is 99.6 Å². The second-order valence-electron chi connectivity index (χ2n) is 18.2. The normalized spacial score (nSPS) is 11.3. The molecule has 0 saturated heterocycles. The summed E-state index contributed by atoms with van der Waals surface area (Å²) in [4.78, 5) is 23.6. The summed E-state index contributed by atoms with van der Waals surface area (Å²) in [6.07, 6.45) is 0. The van der Waals surface area contributed by atoms with Gasteiger partial charge in [0.05, 0.1) is 0 Å². The first-order chi connectivity index (χ1) is 35.7. The van der Waals surface area contributed by atoms with Crippen LogP contribution in [0.25, 0.3) is 133 Å². The van der Waals surface area contributed by atoms with Gasteiger partial charge in [0.15, 0.2) is 0 Å². The molecule has 0 radical (unpaired) electrons. The number of fused-ring (bicyclic) bond motifs is 12. The van der Waals surface area contributed by atoms with Gasteiger partial charge in [0.2, 0.25) is 0 Å². The first-order valence-electron chi connectivity index (χ1n) is 24.4. The van der Waals surface area contributed by atoms with Crippen LogP contribution < -0.4 is 0 Å². The number of benzene rings is 6. The quantitative estimate of drug-likeness (QED) is 0.0959. The lowest BCUT2D eigenvalue weighted by Gasteiger charge is -2.06. The maximum atomic E-state index is 3.94. The maximum Gasteiger partial charge on any atom is 0.0485 e. The molecule has 6 aromatic carbocycles. The Hall–Kier alpha value is -9.78. The largest absolute Gasteiger partial charge is 0.354 e. The molecular weight excluding hydrogens is 877 g/mol. The van der Waals surface area contributed by atoms with E-state index in [0.29, 0.717) is 0 Å². The van der Waals surface area contributed by atoms with Crippen LogP contribution in [0.3, 0.4) is 0 Å². The van der Waals surface area contributed by atoms with E-state index in [0.717, 1.165) is 133 Å². The van der Waals surface area contributed by atoms with Gasteiger partial charge in [-0.25, -0.2) is 0 Å². The van der Waals surface area contributed by atoms with E-state index < -0.39 is 0 Å². The molecular formula is C66H48N6. The Morgan fingerprint density at radius 1 is 0.125 bits per heavy atom. The average Bonchev–Trinajstić information content (AvgIpc) is 4.32. The average molecular weight is 925 g/mol. The van der Waals surface area contributed by atoms with E-state index in [1.54, 1.807) is 0 Å². The van der Waals surface area contributed by atoms with E-state index >= 15 is 0 Å². The fourth-order valence-corrected chi connectivity index (χ4v) is 10.5. The molecule has 0 saturated carbocycles. The summed E-state index contributed by atoms with van der Waals surface area (Å²) < 4.78 is 0. The van der Waals surface area contributed by atoms with Gasteiger partial charge in [-0.2, -0.15) is 0 Å². The van der Waals surface area contributed by atoms with Crippen molar-refractivity contribution in [2.75, 3.05) is 0 Å². The molecule has 0 aliphatic heterocycles. The van der Waals surface area contributed by atoms with Gasteiger partial charge in [0.1, 0.15) is 0 Å². The molecule has 13 rings (SSSR count). The molecule has 72 heavy (non-hydrogen) atoms. The molecule has 6 heteroatoms. The van der Waals surface area contributed by atoms with E-state index in [-0.39, 0.29) is 0 Å². The van der Waals surface area contributed by atoms with Crippen LogP contribution in [0.1, 0.15) is 0 Å². The third kappa shape index (κ3) is 7.83. The minimum absolute atomic E-state index is 0.996. The van der Waals surface area contributed by atoms with Gasteiger partial charge in [-0.1, -0.05) is 182 Å². The molecule has 12 bridgehead atoms. The number of aromatic amines is 6. The molecule has 13 aromatic rings. The highest BCUT2D eigenvalue weighted by Crippen LogP contribution is 2.38. The number of rotatable bonds is 6. The van der Waals surface area contributed by atoms with E-state index in [9.17, 15) is 0 Å². The lowest BCUT2D eigenvalue weighted by Crippen LogP contribution is -1.84. The number of aromatic nitrogens is 6. The van der Waals surface area contributed by atoms with Crippen LogP contribution >= 0.6 is 0 Å². The fourth-order valence-electron chi connectivity index (χ4n) is 10.5. The monoisotopic (exact) mass is 924 g/mol. The summed E-state index contributed by atoms with van der Waals surface area (Å²) in [5, 5.41) is 0. The van der Waals surface area contributed by atoms with E-state index in [1.807, 2.05) is 0 Å². The van der Waals surface area contributed by atoms with Gasteiger partial charge >= 0.3 is 0 Å². The molecule has 0 spiro atoms. The van der Waals surface area contributed by atoms with Crippen molar-refractivity contribution >= 4 is 66.2 Å². The van der Waals surface area contributed by atoms with Crippen molar-refractivity contribution in [2.45, 2.75) is 0 Å². The van der Waals surface area contributed by atoms with E-state index in [1.165, 1.54) is 0 Å². The predicted octanol–water partition coefficient (Wildman–Crippen LogP) is 17.9. The Bertz CT molecular complexity index is 3420. The number of H-pyrrole nitrogens is 6. The van der Waals surface area contributed by atoms with Gasteiger partial charge < -0.3 is 29.9 Å². The maximum absolute atomic E-state index is 3.94. The molecule has 6 N–H and O–H groups in total. The fraction of sp³-hybridized carbons (Fsp3) is 0. The van der Waals surface area contributed by atoms with Gasteiger partial charge in [0.25, 0.3) is 0 Å². The van der Waals surface area contributed by atoms with Crippen LogP contribution in [0.4, 0.5) is 0 Å². The first-order valence-corrected chi connectivity index (χ1v) is 24.4. The highest BCUT2D eigenvalue weighted by atomic mass is 14.8. The Kier molecular flexibility index (Phi) is 10.7. The zero-order valence-electron chi connectivity index (χ0n) is 39.2. The smallest absolute Gasteiger partial charge is 0.0485 e. The summed E-state index contributed by atoms with van der Waals surface area (Å²) in [7, 11) is 0. The molecule has 0 aliphatic rings. The van der Waals surface area contributed by atoms with Gasteiger partial charge in [-0.15, -0.1) is 0 Å². The van der Waals surface area contributed by atoms with Crippen molar-refractivity contribution in [3.63, 3.8) is 0 Å². The van der Waals surface area contributed by atoms with Crippen LogP contribution in [0.2, 0.25) is 0 Å². The standard InChI is InChI=1S/C66H48N6/c1-7-19-43(20-8-1)61-49-31-33-51(67-49)62(44-21-9-2-10-22-44)53-35-37-55(69-53)64(46-25-13-4-14-26-46)57-39-41-59(71-57)66(48-29-17-6-18-30-48)60-42-40-58(72-60)65(47-27-15-5-16-28-47)56-38-36-54(70-56)63(45-23-11-3-12-24-45)52-34-32-50(61)68-52/h1-42,67-72H. The summed E-state index contributed by atoms with van der Waals surface area (Å²) in [6.45, 7) is 0. The van der Waals surface area contributed by atoms with Gasteiger partial charge in [-0.3, -0.25) is 0 Å². The Labute approximate surface area is 415 Å². The van der Waals surface area contributed by atoms with Crippen molar-refractivity contribution in [3.05, 3.63) is 255 Å². The predicted molar refractivity (Wildman–Crippen MR) is 303 cm³/mol. The van der Waals surface area contributed by atoms with Crippen molar-refractivity contribution < 1.29 is 0 Å². The first kappa shape index (κ1) is 42.3. The zero-order chi connectivity index (χ0) is 47.8.